The van der Waals surface area contributed by atoms with Gasteiger partial charge in [-0.25, -0.2) is 0 Å². The summed E-state index contributed by atoms with van der Waals surface area (Å²) in [6, 6.07) is 0. The van der Waals surface area contributed by atoms with E-state index in [0.29, 0.717) is 19.0 Å². The second-order valence-electron chi connectivity index (χ2n) is 6.02. The van der Waals surface area contributed by atoms with Crippen molar-refractivity contribution in [2.45, 2.75) is 38.4 Å². The van der Waals surface area contributed by atoms with Gasteiger partial charge in [0.25, 0.3) is 0 Å². The molecule has 0 aromatic rings. The molecule has 5 atom stereocenters. The summed E-state index contributed by atoms with van der Waals surface area (Å²) in [4.78, 5) is 22.6. The molecule has 0 saturated heterocycles. The highest BCUT2D eigenvalue weighted by atomic mass is 16.3. The van der Waals surface area contributed by atoms with Gasteiger partial charge in [0.05, 0.1) is 6.10 Å². The Balaban J connectivity index is 2.63. The molecule has 2 rings (SSSR count). The summed E-state index contributed by atoms with van der Waals surface area (Å²) in [7, 11) is 0. The molecule has 0 spiro atoms. The molecule has 2 aliphatic rings. The Kier molecular flexibility index (Phi) is 3.27. The standard InChI is InChI=1S/C15H20O4/c1-9-4-5-14(3)13(10(9)2)12(18)6-11(7-16)15(14,19)8-17/h6-9,12-13,18-19H,2,4-5H2,1,3H3/t9-,12-,13-,14-,15+/m0/s1. The molecule has 0 amide bonds. The smallest absolute Gasteiger partial charge is 0.156 e. The van der Waals surface area contributed by atoms with Crippen LogP contribution in [-0.4, -0.2) is 34.5 Å². The Bertz CT molecular complexity index is 467. The van der Waals surface area contributed by atoms with Crippen LogP contribution < -0.4 is 0 Å². The van der Waals surface area contributed by atoms with Crippen LogP contribution in [0.15, 0.2) is 23.8 Å². The fourth-order valence-electron chi connectivity index (χ4n) is 3.67. The molecule has 4 heteroatoms. The van der Waals surface area contributed by atoms with Gasteiger partial charge in [-0.3, -0.25) is 9.59 Å². The molecule has 0 aromatic heterocycles. The predicted octanol–water partition coefficient (Wildman–Crippen LogP) is 1.02. The maximum atomic E-state index is 11.4. The first-order valence-corrected chi connectivity index (χ1v) is 6.54. The molecule has 4 nitrogen and oxygen atoms in total. The summed E-state index contributed by atoms with van der Waals surface area (Å²) < 4.78 is 0. The minimum Gasteiger partial charge on any atom is -0.388 e. The van der Waals surface area contributed by atoms with Crippen molar-refractivity contribution in [3.8, 4) is 0 Å². The van der Waals surface area contributed by atoms with E-state index in [0.717, 1.165) is 12.0 Å². The lowest BCUT2D eigenvalue weighted by Gasteiger charge is -2.55. The van der Waals surface area contributed by atoms with Crippen LogP contribution in [0.1, 0.15) is 26.7 Å². The molecule has 0 unspecified atom stereocenters. The fraction of sp³-hybridized carbons (Fsp3) is 0.600. The van der Waals surface area contributed by atoms with Crippen molar-refractivity contribution in [2.75, 3.05) is 0 Å². The lowest BCUT2D eigenvalue weighted by Crippen LogP contribution is -2.61. The number of carbonyl (C=O) groups is 2. The molecule has 2 N–H and O–H groups in total. The van der Waals surface area contributed by atoms with Gasteiger partial charge >= 0.3 is 0 Å². The van der Waals surface area contributed by atoms with Crippen LogP contribution >= 0.6 is 0 Å². The Morgan fingerprint density at radius 3 is 2.63 bits per heavy atom. The van der Waals surface area contributed by atoms with Crippen molar-refractivity contribution in [1.29, 1.82) is 0 Å². The average Bonchev–Trinajstić information content (AvgIpc) is 2.38. The van der Waals surface area contributed by atoms with Crippen molar-refractivity contribution in [1.82, 2.24) is 0 Å². The zero-order valence-corrected chi connectivity index (χ0v) is 11.3. The van der Waals surface area contributed by atoms with Gasteiger partial charge in [-0.2, -0.15) is 0 Å². The zero-order chi connectivity index (χ0) is 14.4. The number of aliphatic hydroxyl groups excluding tert-OH is 1. The van der Waals surface area contributed by atoms with Crippen molar-refractivity contribution < 1.29 is 19.8 Å². The van der Waals surface area contributed by atoms with E-state index >= 15 is 0 Å². The largest absolute Gasteiger partial charge is 0.388 e. The number of hydrogen-bond donors (Lipinski definition) is 2. The number of hydrogen-bond acceptors (Lipinski definition) is 4. The molecule has 0 bridgehead atoms. The quantitative estimate of drug-likeness (QED) is 0.577. The molecule has 104 valence electrons. The van der Waals surface area contributed by atoms with Crippen molar-refractivity contribution in [3.05, 3.63) is 23.8 Å². The Morgan fingerprint density at radius 2 is 2.11 bits per heavy atom. The first-order valence-electron chi connectivity index (χ1n) is 6.54. The highest BCUT2D eigenvalue weighted by molar-refractivity contribution is 5.88. The summed E-state index contributed by atoms with van der Waals surface area (Å²) in [5.41, 5.74) is -1.94. The number of aldehydes is 2. The van der Waals surface area contributed by atoms with Crippen LogP contribution in [0.25, 0.3) is 0 Å². The van der Waals surface area contributed by atoms with Gasteiger partial charge in [0.15, 0.2) is 11.9 Å². The van der Waals surface area contributed by atoms with Crippen LogP contribution in [0.3, 0.4) is 0 Å². The first kappa shape index (κ1) is 14.2. The third-order valence-electron chi connectivity index (χ3n) is 5.12. The summed E-state index contributed by atoms with van der Waals surface area (Å²) in [5, 5.41) is 21.0. The summed E-state index contributed by atoms with van der Waals surface area (Å²) >= 11 is 0. The Morgan fingerprint density at radius 1 is 1.47 bits per heavy atom. The summed E-state index contributed by atoms with van der Waals surface area (Å²) in [5.74, 6) is -0.176. The molecular formula is C15H20O4. The van der Waals surface area contributed by atoms with Gasteiger partial charge in [0, 0.05) is 16.9 Å². The van der Waals surface area contributed by atoms with Crippen molar-refractivity contribution in [2.24, 2.45) is 17.3 Å². The van der Waals surface area contributed by atoms with Gasteiger partial charge in [0.2, 0.25) is 0 Å². The Hall–Kier alpha value is -1.26. The number of rotatable bonds is 2. The van der Waals surface area contributed by atoms with E-state index in [9.17, 15) is 19.8 Å². The second-order valence-corrected chi connectivity index (χ2v) is 6.02. The van der Waals surface area contributed by atoms with E-state index in [1.807, 2.05) is 6.92 Å². The molecule has 1 fully saturated rings. The SMILES string of the molecule is C=C1[C@@H](C)CC[C@@]2(C)[C@@H]1[C@@H](O)C=C(C=O)[C@]2(O)C=O. The highest BCUT2D eigenvalue weighted by Gasteiger charge is 2.60. The molecule has 0 aromatic carbocycles. The van der Waals surface area contributed by atoms with Crippen LogP contribution in [-0.2, 0) is 9.59 Å². The summed E-state index contributed by atoms with van der Waals surface area (Å²) in [6.45, 7) is 7.80. The zero-order valence-electron chi connectivity index (χ0n) is 11.3. The third-order valence-corrected chi connectivity index (χ3v) is 5.12. The fourth-order valence-corrected chi connectivity index (χ4v) is 3.67. The molecule has 1 saturated carbocycles. The first-order chi connectivity index (χ1) is 8.81. The van der Waals surface area contributed by atoms with E-state index in [4.69, 9.17) is 0 Å². The normalized spacial score (nSPS) is 46.2. The van der Waals surface area contributed by atoms with Gasteiger partial charge in [-0.05, 0) is 24.8 Å². The lowest BCUT2D eigenvalue weighted by molar-refractivity contribution is -0.150. The maximum Gasteiger partial charge on any atom is 0.156 e. The van der Waals surface area contributed by atoms with Crippen molar-refractivity contribution in [3.63, 3.8) is 0 Å². The number of aliphatic hydroxyl groups is 2. The van der Waals surface area contributed by atoms with E-state index < -0.39 is 23.0 Å². The minimum atomic E-state index is -1.85. The lowest BCUT2D eigenvalue weighted by atomic mass is 9.50. The van der Waals surface area contributed by atoms with Crippen LogP contribution in [0, 0.1) is 17.3 Å². The highest BCUT2D eigenvalue weighted by Crippen LogP contribution is 2.57. The third kappa shape index (κ3) is 1.66. The Labute approximate surface area is 112 Å². The molecule has 19 heavy (non-hydrogen) atoms. The van der Waals surface area contributed by atoms with E-state index in [2.05, 4.69) is 6.58 Å². The minimum absolute atomic E-state index is 0.0453. The van der Waals surface area contributed by atoms with E-state index in [1.54, 1.807) is 6.92 Å². The van der Waals surface area contributed by atoms with Gasteiger partial charge < -0.3 is 10.2 Å². The average molecular weight is 264 g/mol. The molecule has 2 aliphatic carbocycles. The van der Waals surface area contributed by atoms with Gasteiger partial charge in [0.1, 0.15) is 6.29 Å². The molecule has 0 heterocycles. The topological polar surface area (TPSA) is 74.6 Å². The molecule has 0 radical (unpaired) electrons. The van der Waals surface area contributed by atoms with Crippen LogP contribution in [0.5, 0.6) is 0 Å². The molecular weight excluding hydrogens is 244 g/mol. The van der Waals surface area contributed by atoms with Gasteiger partial charge in [-0.1, -0.05) is 26.0 Å². The molecule has 0 aliphatic heterocycles. The second kappa shape index (κ2) is 4.39. The van der Waals surface area contributed by atoms with Gasteiger partial charge in [-0.15, -0.1) is 0 Å². The summed E-state index contributed by atoms with van der Waals surface area (Å²) in [6.07, 6.45) is 2.63. The van der Waals surface area contributed by atoms with Crippen LogP contribution in [0.2, 0.25) is 0 Å². The predicted molar refractivity (Wildman–Crippen MR) is 70.3 cm³/mol. The number of fused-ring (bicyclic) bond motifs is 1. The number of carbonyl (C=O) groups excluding carboxylic acids is 2. The maximum absolute atomic E-state index is 11.4. The van der Waals surface area contributed by atoms with Crippen molar-refractivity contribution >= 4 is 12.6 Å². The van der Waals surface area contributed by atoms with Crippen LogP contribution in [0.4, 0.5) is 0 Å². The van der Waals surface area contributed by atoms with E-state index in [-0.39, 0.29) is 11.5 Å². The monoisotopic (exact) mass is 264 g/mol. The van der Waals surface area contributed by atoms with E-state index in [1.165, 1.54) is 6.08 Å².